The highest BCUT2D eigenvalue weighted by molar-refractivity contribution is 4.77. The van der Waals surface area contributed by atoms with Gasteiger partial charge in [0.25, 0.3) is 0 Å². The summed E-state index contributed by atoms with van der Waals surface area (Å²) < 4.78 is 40.8. The van der Waals surface area contributed by atoms with Crippen LogP contribution in [0.3, 0.4) is 0 Å². The van der Waals surface area contributed by atoms with Gasteiger partial charge in [-0.05, 0) is 18.4 Å². The second kappa shape index (κ2) is 7.21. The summed E-state index contributed by atoms with van der Waals surface area (Å²) in [5, 5.41) is 3.21. The van der Waals surface area contributed by atoms with Crippen LogP contribution in [0.2, 0.25) is 0 Å². The summed E-state index contributed by atoms with van der Waals surface area (Å²) in [7, 11) is 0. The first kappa shape index (κ1) is 14.8. The summed E-state index contributed by atoms with van der Waals surface area (Å²) in [5.74, 6) is 0.752. The number of hydrogen-bond acceptors (Lipinski definition) is 2. The topological polar surface area (TPSA) is 21.3 Å². The predicted molar refractivity (Wildman–Crippen MR) is 60.9 cm³/mol. The van der Waals surface area contributed by atoms with Gasteiger partial charge in [-0.15, -0.1) is 0 Å². The van der Waals surface area contributed by atoms with Crippen LogP contribution in [0.4, 0.5) is 13.2 Å². The first-order valence-electron chi connectivity index (χ1n) is 6.38. The van der Waals surface area contributed by atoms with Crippen molar-refractivity contribution in [1.29, 1.82) is 0 Å². The summed E-state index contributed by atoms with van der Waals surface area (Å²) >= 11 is 0. The van der Waals surface area contributed by atoms with Crippen LogP contribution in [0.25, 0.3) is 0 Å². The lowest BCUT2D eigenvalue weighted by atomic mass is 9.91. The molecule has 0 saturated heterocycles. The Morgan fingerprint density at radius 3 is 2.47 bits per heavy atom. The number of nitrogens with one attached hydrogen (secondary N) is 1. The van der Waals surface area contributed by atoms with Crippen molar-refractivity contribution in [3.8, 4) is 0 Å². The molecule has 0 bridgehead atoms. The summed E-state index contributed by atoms with van der Waals surface area (Å²) in [5.41, 5.74) is 0. The molecule has 0 aromatic carbocycles. The van der Waals surface area contributed by atoms with E-state index >= 15 is 0 Å². The largest absolute Gasteiger partial charge is 0.411 e. The van der Waals surface area contributed by atoms with Gasteiger partial charge in [0.15, 0.2) is 0 Å². The van der Waals surface area contributed by atoms with Crippen molar-refractivity contribution in [3.63, 3.8) is 0 Å². The van der Waals surface area contributed by atoms with Crippen LogP contribution in [0.5, 0.6) is 0 Å². The van der Waals surface area contributed by atoms with Crippen LogP contribution in [0, 0.1) is 11.8 Å². The number of rotatable bonds is 7. The molecule has 0 spiro atoms. The van der Waals surface area contributed by atoms with Crippen LogP contribution < -0.4 is 5.32 Å². The van der Waals surface area contributed by atoms with E-state index in [4.69, 9.17) is 4.74 Å². The van der Waals surface area contributed by atoms with Crippen LogP contribution in [-0.4, -0.2) is 32.5 Å². The molecule has 5 heteroatoms. The van der Waals surface area contributed by atoms with Crippen molar-refractivity contribution in [2.45, 2.75) is 38.8 Å². The maximum absolute atomic E-state index is 12.0. The molecule has 1 aliphatic rings. The van der Waals surface area contributed by atoms with E-state index in [9.17, 15) is 13.2 Å². The highest BCUT2D eigenvalue weighted by atomic mass is 19.4. The smallest absolute Gasteiger partial charge is 0.372 e. The molecule has 0 heterocycles. The molecule has 1 aliphatic carbocycles. The molecule has 0 aromatic heterocycles. The minimum Gasteiger partial charge on any atom is -0.372 e. The van der Waals surface area contributed by atoms with Gasteiger partial charge in [0.1, 0.15) is 6.61 Å². The van der Waals surface area contributed by atoms with Gasteiger partial charge in [0.05, 0.1) is 6.61 Å². The van der Waals surface area contributed by atoms with E-state index in [1.165, 1.54) is 12.8 Å². The van der Waals surface area contributed by atoms with E-state index in [1.807, 2.05) is 6.92 Å². The van der Waals surface area contributed by atoms with E-state index < -0.39 is 12.8 Å². The molecule has 0 radical (unpaired) electrons. The number of halogens is 3. The lowest BCUT2D eigenvalue weighted by Gasteiger charge is -2.23. The molecule has 0 aromatic rings. The van der Waals surface area contributed by atoms with E-state index in [0.717, 1.165) is 25.9 Å². The van der Waals surface area contributed by atoms with E-state index in [1.54, 1.807) is 0 Å². The predicted octanol–water partition coefficient (Wildman–Crippen LogP) is 2.98. The zero-order chi connectivity index (χ0) is 12.7. The van der Waals surface area contributed by atoms with Gasteiger partial charge in [0.2, 0.25) is 0 Å². The Labute approximate surface area is 101 Å². The van der Waals surface area contributed by atoms with Gasteiger partial charge in [0, 0.05) is 6.54 Å². The van der Waals surface area contributed by atoms with Gasteiger partial charge in [-0.2, -0.15) is 13.2 Å². The molecule has 17 heavy (non-hydrogen) atoms. The van der Waals surface area contributed by atoms with Gasteiger partial charge in [-0.25, -0.2) is 0 Å². The highest BCUT2D eigenvalue weighted by Gasteiger charge is 2.30. The molecule has 0 aliphatic heterocycles. The molecular formula is C12H22F3NO. The Hall–Kier alpha value is -0.290. The fourth-order valence-corrected chi connectivity index (χ4v) is 2.45. The van der Waals surface area contributed by atoms with E-state index in [2.05, 4.69) is 5.32 Å². The van der Waals surface area contributed by atoms with Crippen molar-refractivity contribution < 1.29 is 17.9 Å². The quantitative estimate of drug-likeness (QED) is 0.753. The number of hydrogen-bond donors (Lipinski definition) is 1. The van der Waals surface area contributed by atoms with E-state index in [-0.39, 0.29) is 12.5 Å². The molecule has 1 saturated carbocycles. The van der Waals surface area contributed by atoms with E-state index in [0.29, 0.717) is 5.92 Å². The Morgan fingerprint density at radius 1 is 1.29 bits per heavy atom. The lowest BCUT2D eigenvalue weighted by molar-refractivity contribution is -0.177. The van der Waals surface area contributed by atoms with Gasteiger partial charge in [-0.1, -0.05) is 32.6 Å². The molecular weight excluding hydrogens is 231 g/mol. The lowest BCUT2D eigenvalue weighted by Crippen LogP contribution is -2.32. The Balaban J connectivity index is 2.29. The zero-order valence-electron chi connectivity index (χ0n) is 10.4. The Bertz CT molecular complexity index is 202. The maximum atomic E-state index is 12.0. The van der Waals surface area contributed by atoms with Crippen molar-refractivity contribution in [2.75, 3.05) is 26.3 Å². The van der Waals surface area contributed by atoms with Crippen LogP contribution in [-0.2, 0) is 4.74 Å². The fourth-order valence-electron chi connectivity index (χ4n) is 2.45. The number of ether oxygens (including phenoxy) is 1. The molecule has 0 amide bonds. The molecule has 1 fully saturated rings. The summed E-state index contributed by atoms with van der Waals surface area (Å²) in [6, 6.07) is 0. The third-order valence-corrected chi connectivity index (χ3v) is 3.32. The van der Waals surface area contributed by atoms with Gasteiger partial charge in [-0.3, -0.25) is 0 Å². The minimum absolute atomic E-state index is 0.219. The van der Waals surface area contributed by atoms with Crippen molar-refractivity contribution in [3.05, 3.63) is 0 Å². The first-order valence-corrected chi connectivity index (χ1v) is 6.38. The molecule has 1 atom stereocenters. The average Bonchev–Trinajstić information content (AvgIpc) is 2.74. The molecule has 1 rings (SSSR count). The van der Waals surface area contributed by atoms with Gasteiger partial charge >= 0.3 is 6.18 Å². The van der Waals surface area contributed by atoms with Crippen molar-refractivity contribution >= 4 is 0 Å². The zero-order valence-corrected chi connectivity index (χ0v) is 10.4. The molecule has 1 N–H and O–H groups in total. The molecule has 2 nitrogen and oxygen atoms in total. The maximum Gasteiger partial charge on any atom is 0.411 e. The number of alkyl halides is 3. The van der Waals surface area contributed by atoms with Gasteiger partial charge < -0.3 is 10.1 Å². The third-order valence-electron chi connectivity index (χ3n) is 3.32. The van der Waals surface area contributed by atoms with Crippen LogP contribution in [0.15, 0.2) is 0 Å². The fraction of sp³-hybridized carbons (Fsp3) is 1.00. The summed E-state index contributed by atoms with van der Waals surface area (Å²) in [6.45, 7) is 2.71. The summed E-state index contributed by atoms with van der Waals surface area (Å²) in [4.78, 5) is 0. The van der Waals surface area contributed by atoms with Crippen LogP contribution >= 0.6 is 0 Å². The summed E-state index contributed by atoms with van der Waals surface area (Å²) in [6.07, 6.45) is 0.453. The van der Waals surface area contributed by atoms with Crippen LogP contribution in [0.1, 0.15) is 32.6 Å². The average molecular weight is 253 g/mol. The second-order valence-corrected chi connectivity index (χ2v) is 4.74. The van der Waals surface area contributed by atoms with Crippen molar-refractivity contribution in [2.24, 2.45) is 11.8 Å². The SMILES string of the molecule is CCNCC(COCC(F)(F)F)C1CCCC1. The minimum atomic E-state index is -4.21. The molecule has 1 unspecified atom stereocenters. The normalized spacial score (nSPS) is 19.8. The Morgan fingerprint density at radius 2 is 1.94 bits per heavy atom. The van der Waals surface area contributed by atoms with Crippen molar-refractivity contribution in [1.82, 2.24) is 5.32 Å². The standard InChI is InChI=1S/C12H22F3NO/c1-2-16-7-11(10-5-3-4-6-10)8-17-9-12(13,14)15/h10-11,16H,2-9H2,1H3. The monoisotopic (exact) mass is 253 g/mol. The Kier molecular flexibility index (Phi) is 6.27. The molecule has 102 valence electrons. The first-order chi connectivity index (χ1) is 8.03. The highest BCUT2D eigenvalue weighted by Crippen LogP contribution is 2.31. The third kappa shape index (κ3) is 6.27. The second-order valence-electron chi connectivity index (χ2n) is 4.74.